The third kappa shape index (κ3) is 2.18. The minimum Gasteiger partial charge on any atom is -0.497 e. The molecule has 0 unspecified atom stereocenters. The normalized spacial score (nSPS) is 14.4. The smallest absolute Gasteiger partial charge is 0.127 e. The Hall–Kier alpha value is -1.97. The number of aromatic nitrogens is 2. The van der Waals surface area contributed by atoms with Crippen LogP contribution in [-0.2, 0) is 13.5 Å². The predicted octanol–water partition coefficient (Wildman–Crippen LogP) is 2.84. The van der Waals surface area contributed by atoms with Gasteiger partial charge in [0.25, 0.3) is 0 Å². The molecule has 4 nitrogen and oxygen atoms in total. The number of ether oxygens (including phenoxy) is 1. The number of benzene rings is 1. The fourth-order valence-electron chi connectivity index (χ4n) is 2.66. The second-order valence-corrected chi connectivity index (χ2v) is 4.92. The zero-order valence-electron chi connectivity index (χ0n) is 11.4. The summed E-state index contributed by atoms with van der Waals surface area (Å²) in [5.41, 5.74) is 3.53. The molecule has 1 aromatic carbocycles. The number of hydrogen-bond acceptors (Lipinski definition) is 3. The van der Waals surface area contributed by atoms with Gasteiger partial charge in [-0.15, -0.1) is 0 Å². The highest BCUT2D eigenvalue weighted by atomic mass is 16.5. The molecule has 0 atom stereocenters. The van der Waals surface area contributed by atoms with Gasteiger partial charge in [-0.3, -0.25) is 4.68 Å². The third-order valence-electron chi connectivity index (χ3n) is 3.63. The van der Waals surface area contributed by atoms with Crippen molar-refractivity contribution < 1.29 is 4.74 Å². The second-order valence-electron chi connectivity index (χ2n) is 4.92. The molecule has 1 N–H and O–H groups in total. The standard InChI is InChI=1S/C15H19N3O/c1-18-15-13(8-3-4-9-16-15)14(17-18)11-6-5-7-12(10-11)19-2/h5-7,10,16H,3-4,8-9H2,1-2H3. The van der Waals surface area contributed by atoms with E-state index in [1.165, 1.54) is 18.4 Å². The van der Waals surface area contributed by atoms with Crippen molar-refractivity contribution >= 4 is 5.82 Å². The van der Waals surface area contributed by atoms with Crippen LogP contribution in [0.25, 0.3) is 11.3 Å². The first kappa shape index (κ1) is 12.1. The summed E-state index contributed by atoms with van der Waals surface area (Å²) in [6.07, 6.45) is 3.51. The largest absolute Gasteiger partial charge is 0.497 e. The summed E-state index contributed by atoms with van der Waals surface area (Å²) in [5.74, 6) is 2.04. The number of fused-ring (bicyclic) bond motifs is 1. The van der Waals surface area contributed by atoms with Gasteiger partial charge in [-0.2, -0.15) is 5.10 Å². The van der Waals surface area contributed by atoms with E-state index in [2.05, 4.69) is 16.5 Å². The minimum atomic E-state index is 0.874. The van der Waals surface area contributed by atoms with Crippen molar-refractivity contribution in [2.45, 2.75) is 19.3 Å². The van der Waals surface area contributed by atoms with Crippen molar-refractivity contribution in [3.05, 3.63) is 29.8 Å². The molecule has 0 saturated heterocycles. The summed E-state index contributed by atoms with van der Waals surface area (Å²) in [6.45, 7) is 1.03. The fraction of sp³-hybridized carbons (Fsp3) is 0.400. The molecule has 1 aliphatic heterocycles. The first-order valence-electron chi connectivity index (χ1n) is 6.74. The molecule has 2 aromatic rings. The number of nitrogens with zero attached hydrogens (tertiary/aromatic N) is 2. The lowest BCUT2D eigenvalue weighted by Crippen LogP contribution is -2.04. The van der Waals surface area contributed by atoms with Gasteiger partial charge in [0.15, 0.2) is 0 Å². The van der Waals surface area contributed by atoms with Gasteiger partial charge in [0, 0.05) is 24.7 Å². The van der Waals surface area contributed by atoms with Crippen molar-refractivity contribution in [3.63, 3.8) is 0 Å². The van der Waals surface area contributed by atoms with E-state index in [-0.39, 0.29) is 0 Å². The van der Waals surface area contributed by atoms with Crippen LogP contribution in [0.15, 0.2) is 24.3 Å². The first-order valence-corrected chi connectivity index (χ1v) is 6.74. The van der Waals surface area contributed by atoms with Crippen LogP contribution < -0.4 is 10.1 Å². The van der Waals surface area contributed by atoms with Crippen molar-refractivity contribution in [1.29, 1.82) is 0 Å². The predicted molar refractivity (Wildman–Crippen MR) is 76.6 cm³/mol. The molecule has 0 amide bonds. The molecule has 0 fully saturated rings. The van der Waals surface area contributed by atoms with Gasteiger partial charge < -0.3 is 10.1 Å². The highest BCUT2D eigenvalue weighted by molar-refractivity contribution is 5.70. The summed E-state index contributed by atoms with van der Waals surface area (Å²) >= 11 is 0. The molecule has 1 aromatic heterocycles. The van der Waals surface area contributed by atoms with E-state index < -0.39 is 0 Å². The monoisotopic (exact) mass is 257 g/mol. The summed E-state index contributed by atoms with van der Waals surface area (Å²) in [7, 11) is 3.69. The Morgan fingerprint density at radius 3 is 3.05 bits per heavy atom. The number of methoxy groups -OCH3 is 1. The van der Waals surface area contributed by atoms with E-state index in [0.29, 0.717) is 0 Å². The van der Waals surface area contributed by atoms with Crippen molar-refractivity contribution in [1.82, 2.24) is 9.78 Å². The van der Waals surface area contributed by atoms with Crippen molar-refractivity contribution in [2.24, 2.45) is 7.05 Å². The Bertz CT molecular complexity index is 589. The summed E-state index contributed by atoms with van der Waals surface area (Å²) in [5, 5.41) is 8.16. The van der Waals surface area contributed by atoms with E-state index in [9.17, 15) is 0 Å². The zero-order chi connectivity index (χ0) is 13.2. The Kier molecular flexibility index (Phi) is 3.15. The van der Waals surface area contributed by atoms with Crippen LogP contribution >= 0.6 is 0 Å². The lowest BCUT2D eigenvalue weighted by atomic mass is 10.0. The van der Waals surface area contributed by atoms with Crippen LogP contribution in [0, 0.1) is 0 Å². The van der Waals surface area contributed by atoms with Gasteiger partial charge in [0.2, 0.25) is 0 Å². The van der Waals surface area contributed by atoms with Crippen molar-refractivity contribution in [2.75, 3.05) is 19.0 Å². The quantitative estimate of drug-likeness (QED) is 0.899. The second kappa shape index (κ2) is 4.96. The highest BCUT2D eigenvalue weighted by Crippen LogP contribution is 2.32. The topological polar surface area (TPSA) is 39.1 Å². The lowest BCUT2D eigenvalue weighted by Gasteiger charge is -2.05. The first-order chi connectivity index (χ1) is 9.29. The number of rotatable bonds is 2. The fourth-order valence-corrected chi connectivity index (χ4v) is 2.66. The van der Waals surface area contributed by atoms with Gasteiger partial charge in [0.1, 0.15) is 11.6 Å². The summed E-state index contributed by atoms with van der Waals surface area (Å²) < 4.78 is 7.26. The van der Waals surface area contributed by atoms with E-state index in [0.717, 1.165) is 35.8 Å². The zero-order valence-corrected chi connectivity index (χ0v) is 11.4. The number of hydrogen-bond donors (Lipinski definition) is 1. The molecule has 1 aliphatic rings. The van der Waals surface area contributed by atoms with E-state index in [4.69, 9.17) is 4.74 Å². The molecule has 19 heavy (non-hydrogen) atoms. The molecule has 0 bridgehead atoms. The molecule has 0 aliphatic carbocycles. The Morgan fingerprint density at radius 1 is 1.32 bits per heavy atom. The van der Waals surface area contributed by atoms with Gasteiger partial charge in [0.05, 0.1) is 12.8 Å². The number of anilines is 1. The molecule has 3 rings (SSSR count). The lowest BCUT2D eigenvalue weighted by molar-refractivity contribution is 0.415. The van der Waals surface area contributed by atoms with Crippen LogP contribution in [0.2, 0.25) is 0 Å². The minimum absolute atomic E-state index is 0.874. The third-order valence-corrected chi connectivity index (χ3v) is 3.63. The maximum Gasteiger partial charge on any atom is 0.127 e. The van der Waals surface area contributed by atoms with Crippen LogP contribution in [-0.4, -0.2) is 23.4 Å². The molecule has 0 spiro atoms. The number of aryl methyl sites for hydroxylation is 1. The average molecular weight is 257 g/mol. The Morgan fingerprint density at radius 2 is 2.21 bits per heavy atom. The number of nitrogens with one attached hydrogen (secondary N) is 1. The molecular weight excluding hydrogens is 238 g/mol. The van der Waals surface area contributed by atoms with Crippen LogP contribution in [0.5, 0.6) is 5.75 Å². The summed E-state index contributed by atoms with van der Waals surface area (Å²) in [4.78, 5) is 0. The molecule has 100 valence electrons. The average Bonchev–Trinajstić information content (AvgIpc) is 2.64. The van der Waals surface area contributed by atoms with E-state index in [1.54, 1.807) is 7.11 Å². The Balaban J connectivity index is 2.09. The van der Waals surface area contributed by atoms with Crippen LogP contribution in [0.3, 0.4) is 0 Å². The van der Waals surface area contributed by atoms with Crippen LogP contribution in [0.4, 0.5) is 5.82 Å². The summed E-state index contributed by atoms with van der Waals surface area (Å²) in [6, 6.07) is 8.12. The maximum atomic E-state index is 5.30. The van der Waals surface area contributed by atoms with Crippen LogP contribution in [0.1, 0.15) is 18.4 Å². The van der Waals surface area contributed by atoms with Gasteiger partial charge in [-0.25, -0.2) is 0 Å². The molecule has 4 heteroatoms. The van der Waals surface area contributed by atoms with Gasteiger partial charge >= 0.3 is 0 Å². The van der Waals surface area contributed by atoms with E-state index >= 15 is 0 Å². The van der Waals surface area contributed by atoms with Crippen molar-refractivity contribution in [3.8, 4) is 17.0 Å². The SMILES string of the molecule is COc1cccc(-c2nn(C)c3c2CCCCN3)c1. The highest BCUT2D eigenvalue weighted by Gasteiger charge is 2.19. The van der Waals surface area contributed by atoms with Gasteiger partial charge in [-0.1, -0.05) is 12.1 Å². The van der Waals surface area contributed by atoms with Gasteiger partial charge in [-0.05, 0) is 31.4 Å². The van der Waals surface area contributed by atoms with E-state index in [1.807, 2.05) is 29.9 Å². The molecule has 2 heterocycles. The molecule has 0 saturated carbocycles. The molecule has 0 radical (unpaired) electrons. The molecular formula is C15H19N3O. The maximum absolute atomic E-state index is 5.30. The Labute approximate surface area is 113 Å².